The second-order valence-electron chi connectivity index (χ2n) is 8.65. The van der Waals surface area contributed by atoms with Crippen molar-refractivity contribution in [3.8, 4) is 0 Å². The van der Waals surface area contributed by atoms with Crippen LogP contribution in [0.1, 0.15) is 66.2 Å². The minimum absolute atomic E-state index is 0.118. The third kappa shape index (κ3) is 3.97. The number of rotatable bonds is 4. The van der Waals surface area contributed by atoms with Crippen molar-refractivity contribution in [3.05, 3.63) is 0 Å². The lowest BCUT2D eigenvalue weighted by Crippen LogP contribution is -2.45. The van der Waals surface area contributed by atoms with Crippen LogP contribution >= 0.6 is 0 Å². The van der Waals surface area contributed by atoms with E-state index in [0.29, 0.717) is 22.8 Å². The summed E-state index contributed by atoms with van der Waals surface area (Å²) in [7, 11) is 0. The van der Waals surface area contributed by atoms with Gasteiger partial charge in [-0.15, -0.1) is 0 Å². The van der Waals surface area contributed by atoms with Crippen molar-refractivity contribution in [2.45, 2.75) is 72.3 Å². The van der Waals surface area contributed by atoms with Gasteiger partial charge >= 0.3 is 5.97 Å². The van der Waals surface area contributed by atoms with E-state index in [2.05, 4.69) is 33.0 Å². The van der Waals surface area contributed by atoms with Crippen molar-refractivity contribution in [2.75, 3.05) is 6.54 Å². The van der Waals surface area contributed by atoms with Crippen LogP contribution in [0.15, 0.2) is 0 Å². The summed E-state index contributed by atoms with van der Waals surface area (Å²) in [4.78, 5) is 11.2. The van der Waals surface area contributed by atoms with E-state index >= 15 is 0 Å². The van der Waals surface area contributed by atoms with Crippen LogP contribution in [0.3, 0.4) is 0 Å². The topological polar surface area (TPSA) is 49.3 Å². The molecule has 0 aliphatic heterocycles. The molecule has 0 aromatic carbocycles. The average molecular weight is 281 g/mol. The van der Waals surface area contributed by atoms with E-state index in [4.69, 9.17) is 0 Å². The molecule has 3 nitrogen and oxygen atoms in total. The van der Waals surface area contributed by atoms with Crippen molar-refractivity contribution < 1.29 is 9.90 Å². The zero-order valence-electron chi connectivity index (χ0n) is 13.5. The molecule has 0 spiro atoms. The van der Waals surface area contributed by atoms with Gasteiger partial charge in [0, 0.05) is 6.04 Å². The van der Waals surface area contributed by atoms with Gasteiger partial charge < -0.3 is 10.4 Å². The number of aliphatic carboxylic acids is 1. The maximum Gasteiger partial charge on any atom is 0.306 e. The highest BCUT2D eigenvalue weighted by atomic mass is 16.4. The summed E-state index contributed by atoms with van der Waals surface area (Å²) >= 11 is 0. The summed E-state index contributed by atoms with van der Waals surface area (Å²) in [6, 6.07) is 0.545. The highest BCUT2D eigenvalue weighted by Gasteiger charge is 2.39. The first kappa shape index (κ1) is 15.8. The van der Waals surface area contributed by atoms with Gasteiger partial charge in [-0.05, 0) is 55.4 Å². The number of hydrogen-bond donors (Lipinski definition) is 2. The van der Waals surface area contributed by atoms with Crippen LogP contribution in [-0.2, 0) is 4.79 Å². The molecule has 3 heteroatoms. The van der Waals surface area contributed by atoms with Crippen molar-refractivity contribution in [1.29, 1.82) is 0 Å². The molecule has 0 radical (unpaired) electrons. The second-order valence-corrected chi connectivity index (χ2v) is 8.65. The van der Waals surface area contributed by atoms with Crippen molar-refractivity contribution in [3.63, 3.8) is 0 Å². The Hall–Kier alpha value is -0.570. The Morgan fingerprint density at radius 2 is 1.75 bits per heavy atom. The summed E-state index contributed by atoms with van der Waals surface area (Å²) in [6.07, 6.45) is 6.71. The molecule has 2 rings (SSSR count). The summed E-state index contributed by atoms with van der Waals surface area (Å²) < 4.78 is 0. The molecule has 2 atom stereocenters. The molecule has 0 aromatic rings. The summed E-state index contributed by atoms with van der Waals surface area (Å²) in [5, 5.41) is 13.0. The first-order valence-corrected chi connectivity index (χ1v) is 8.15. The highest BCUT2D eigenvalue weighted by molar-refractivity contribution is 5.70. The molecule has 2 saturated carbocycles. The maximum atomic E-state index is 11.2. The molecule has 0 heterocycles. The molecule has 0 amide bonds. The molecule has 0 bridgehead atoms. The summed E-state index contributed by atoms with van der Waals surface area (Å²) in [6.45, 7) is 10.3. The largest absolute Gasteiger partial charge is 0.481 e. The fourth-order valence-corrected chi connectivity index (χ4v) is 4.91. The zero-order chi connectivity index (χ0) is 15.0. The third-order valence-electron chi connectivity index (χ3n) is 5.20. The molecule has 116 valence electrons. The number of carboxylic acids is 1. The van der Waals surface area contributed by atoms with Gasteiger partial charge in [-0.2, -0.15) is 0 Å². The van der Waals surface area contributed by atoms with Crippen molar-refractivity contribution >= 4 is 5.97 Å². The van der Waals surface area contributed by atoms with E-state index < -0.39 is 5.97 Å². The fourth-order valence-electron chi connectivity index (χ4n) is 4.91. The lowest BCUT2D eigenvalue weighted by atomic mass is 9.63. The van der Waals surface area contributed by atoms with Gasteiger partial charge in [-0.25, -0.2) is 0 Å². The molecule has 2 N–H and O–H groups in total. The van der Waals surface area contributed by atoms with E-state index in [-0.39, 0.29) is 5.92 Å². The number of hydrogen-bond acceptors (Lipinski definition) is 2. The van der Waals surface area contributed by atoms with Crippen LogP contribution in [0.5, 0.6) is 0 Å². The van der Waals surface area contributed by atoms with Crippen LogP contribution in [0.4, 0.5) is 0 Å². The monoisotopic (exact) mass is 281 g/mol. The van der Waals surface area contributed by atoms with Crippen LogP contribution in [0.25, 0.3) is 0 Å². The van der Waals surface area contributed by atoms with Crippen LogP contribution < -0.4 is 5.32 Å². The molecule has 2 fully saturated rings. The number of carbonyl (C=O) groups is 1. The standard InChI is InChI=1S/C17H31NO2/c1-16(2)8-13(9-17(3,4)11-16)18-10-12-6-5-7-14(12)15(19)20/h12-14,18H,5-11H2,1-4H3,(H,19,20). The number of nitrogens with one attached hydrogen (secondary N) is 1. The zero-order valence-corrected chi connectivity index (χ0v) is 13.5. The van der Waals surface area contributed by atoms with Gasteiger partial charge in [0.1, 0.15) is 0 Å². The average Bonchev–Trinajstić information content (AvgIpc) is 2.69. The van der Waals surface area contributed by atoms with Crippen molar-refractivity contribution in [1.82, 2.24) is 5.32 Å². The van der Waals surface area contributed by atoms with Crippen LogP contribution in [0, 0.1) is 22.7 Å². The minimum atomic E-state index is -0.599. The quantitative estimate of drug-likeness (QED) is 0.826. The molecule has 0 aromatic heterocycles. The Bertz CT molecular complexity index is 346. The van der Waals surface area contributed by atoms with Gasteiger partial charge in [-0.3, -0.25) is 4.79 Å². The van der Waals surface area contributed by atoms with E-state index in [1.165, 1.54) is 19.3 Å². The predicted octanol–water partition coefficient (Wildman–Crippen LogP) is 3.68. The van der Waals surface area contributed by atoms with Gasteiger partial charge in [0.05, 0.1) is 5.92 Å². The molecule has 0 saturated heterocycles. The smallest absolute Gasteiger partial charge is 0.306 e. The van der Waals surface area contributed by atoms with E-state index in [1.807, 2.05) is 0 Å². The molecule has 2 aliphatic rings. The Kier molecular flexibility index (Phi) is 4.48. The molecule has 2 unspecified atom stereocenters. The van der Waals surface area contributed by atoms with E-state index in [1.54, 1.807) is 0 Å². The first-order valence-electron chi connectivity index (χ1n) is 8.15. The maximum absolute atomic E-state index is 11.2. The van der Waals surface area contributed by atoms with E-state index in [0.717, 1.165) is 25.8 Å². The van der Waals surface area contributed by atoms with Crippen LogP contribution in [-0.4, -0.2) is 23.7 Å². The van der Waals surface area contributed by atoms with Crippen LogP contribution in [0.2, 0.25) is 0 Å². The minimum Gasteiger partial charge on any atom is -0.481 e. The van der Waals surface area contributed by atoms with Gasteiger partial charge in [0.15, 0.2) is 0 Å². The Labute approximate surface area is 123 Å². The lowest BCUT2D eigenvalue weighted by Gasteiger charge is -2.45. The fraction of sp³-hybridized carbons (Fsp3) is 0.941. The molecule has 20 heavy (non-hydrogen) atoms. The number of carboxylic acid groups (broad SMARTS) is 1. The highest BCUT2D eigenvalue weighted by Crippen LogP contribution is 2.45. The lowest BCUT2D eigenvalue weighted by molar-refractivity contribution is -0.142. The van der Waals surface area contributed by atoms with E-state index in [9.17, 15) is 9.90 Å². The normalized spacial score (nSPS) is 33.2. The van der Waals surface area contributed by atoms with Gasteiger partial charge in [0.2, 0.25) is 0 Å². The SMILES string of the molecule is CC1(C)CC(NCC2CCCC2C(=O)O)CC(C)(C)C1. The van der Waals surface area contributed by atoms with Gasteiger partial charge in [-0.1, -0.05) is 34.1 Å². The molecular formula is C17H31NO2. The van der Waals surface area contributed by atoms with Crippen molar-refractivity contribution in [2.24, 2.45) is 22.7 Å². The Morgan fingerprint density at radius 3 is 2.30 bits per heavy atom. The Balaban J connectivity index is 1.89. The van der Waals surface area contributed by atoms with Gasteiger partial charge in [0.25, 0.3) is 0 Å². The summed E-state index contributed by atoms with van der Waals surface area (Å²) in [5.41, 5.74) is 0.780. The third-order valence-corrected chi connectivity index (χ3v) is 5.20. The first-order chi connectivity index (χ1) is 9.19. The Morgan fingerprint density at radius 1 is 1.15 bits per heavy atom. The summed E-state index contributed by atoms with van der Waals surface area (Å²) in [5.74, 6) is -0.383. The molecular weight excluding hydrogens is 250 g/mol. The molecule has 2 aliphatic carbocycles. The second kappa shape index (κ2) is 5.67. The predicted molar refractivity (Wildman–Crippen MR) is 81.7 cm³/mol.